The first kappa shape index (κ1) is 13.4. The smallest absolute Gasteiger partial charge is 0.328 e. The van der Waals surface area contributed by atoms with Gasteiger partial charge in [0.1, 0.15) is 0 Å². The molecule has 0 bridgehead atoms. The number of benzene rings is 1. The van der Waals surface area contributed by atoms with Crippen LogP contribution in [0.15, 0.2) is 29.2 Å². The van der Waals surface area contributed by atoms with Gasteiger partial charge in [-0.3, -0.25) is 0 Å². The molecule has 92 valence electrons. The van der Waals surface area contributed by atoms with Gasteiger partial charge in [-0.2, -0.15) is 0 Å². The highest BCUT2D eigenvalue weighted by molar-refractivity contribution is 7.89. The van der Waals surface area contributed by atoms with E-state index in [0.717, 1.165) is 6.08 Å². The van der Waals surface area contributed by atoms with Gasteiger partial charge < -0.3 is 5.11 Å². The normalized spacial score (nSPS) is 11.9. The number of aryl methyl sites for hydroxylation is 1. The third kappa shape index (κ3) is 3.40. The van der Waals surface area contributed by atoms with Crippen LogP contribution >= 0.6 is 0 Å². The van der Waals surface area contributed by atoms with E-state index in [9.17, 15) is 13.2 Å². The number of nitrogens with one attached hydrogen (secondary N) is 1. The van der Waals surface area contributed by atoms with Crippen molar-refractivity contribution in [1.29, 1.82) is 0 Å². The van der Waals surface area contributed by atoms with Gasteiger partial charge >= 0.3 is 5.97 Å². The topological polar surface area (TPSA) is 83.5 Å². The lowest BCUT2D eigenvalue weighted by molar-refractivity contribution is -0.131. The van der Waals surface area contributed by atoms with E-state index in [1.54, 1.807) is 19.1 Å². The SMILES string of the molecule is CNS(=O)(=O)c1cc(C=CC(=O)O)ccc1C. The molecular weight excluding hydrogens is 242 g/mol. The molecule has 0 spiro atoms. The summed E-state index contributed by atoms with van der Waals surface area (Å²) in [6.07, 6.45) is 2.30. The van der Waals surface area contributed by atoms with Gasteiger partial charge in [0, 0.05) is 6.08 Å². The van der Waals surface area contributed by atoms with Crippen molar-refractivity contribution in [2.75, 3.05) is 7.05 Å². The summed E-state index contributed by atoms with van der Waals surface area (Å²) in [6, 6.07) is 4.72. The minimum atomic E-state index is -3.52. The van der Waals surface area contributed by atoms with Crippen molar-refractivity contribution in [3.63, 3.8) is 0 Å². The molecule has 0 heterocycles. The van der Waals surface area contributed by atoms with Crippen LogP contribution in [0.5, 0.6) is 0 Å². The lowest BCUT2D eigenvalue weighted by atomic mass is 10.1. The second-order valence-corrected chi connectivity index (χ2v) is 5.26. The van der Waals surface area contributed by atoms with E-state index in [-0.39, 0.29) is 4.90 Å². The zero-order valence-corrected chi connectivity index (χ0v) is 10.3. The number of aliphatic carboxylic acids is 1. The minimum absolute atomic E-state index is 0.146. The molecule has 0 amide bonds. The Morgan fingerprint density at radius 2 is 2.06 bits per heavy atom. The molecule has 0 aliphatic rings. The maximum absolute atomic E-state index is 11.7. The quantitative estimate of drug-likeness (QED) is 0.786. The standard InChI is InChI=1S/C11H13NO4S/c1-8-3-4-9(5-6-11(13)14)7-10(8)17(15,16)12-2/h3-7,12H,1-2H3,(H,13,14). The Balaban J connectivity index is 3.25. The largest absolute Gasteiger partial charge is 0.478 e. The van der Waals surface area contributed by atoms with Gasteiger partial charge in [0.2, 0.25) is 10.0 Å². The molecule has 0 aromatic heterocycles. The van der Waals surface area contributed by atoms with Gasteiger partial charge in [0.15, 0.2) is 0 Å². The van der Waals surface area contributed by atoms with Gasteiger partial charge in [-0.15, -0.1) is 0 Å². The van der Waals surface area contributed by atoms with Crippen LogP contribution in [-0.4, -0.2) is 26.5 Å². The fourth-order valence-corrected chi connectivity index (χ4v) is 2.29. The van der Waals surface area contributed by atoms with Crippen LogP contribution in [0.1, 0.15) is 11.1 Å². The molecular formula is C11H13NO4S. The number of carbonyl (C=O) groups is 1. The van der Waals surface area contributed by atoms with Crippen molar-refractivity contribution in [2.45, 2.75) is 11.8 Å². The summed E-state index contributed by atoms with van der Waals surface area (Å²) in [5, 5.41) is 8.49. The van der Waals surface area contributed by atoms with Crippen molar-refractivity contribution in [2.24, 2.45) is 0 Å². The lowest BCUT2D eigenvalue weighted by Gasteiger charge is -2.07. The molecule has 0 aliphatic carbocycles. The fraction of sp³-hybridized carbons (Fsp3) is 0.182. The molecule has 1 aromatic rings. The van der Waals surface area contributed by atoms with E-state index in [1.165, 1.54) is 19.2 Å². The van der Waals surface area contributed by atoms with Gasteiger partial charge in [0.05, 0.1) is 4.90 Å². The Morgan fingerprint density at radius 3 is 2.59 bits per heavy atom. The number of rotatable bonds is 4. The monoisotopic (exact) mass is 255 g/mol. The second kappa shape index (κ2) is 5.11. The molecule has 0 aliphatic heterocycles. The molecule has 0 fully saturated rings. The minimum Gasteiger partial charge on any atom is -0.478 e. The number of sulfonamides is 1. The zero-order valence-electron chi connectivity index (χ0n) is 9.47. The number of carboxylic acid groups (broad SMARTS) is 1. The molecule has 1 rings (SSSR count). The lowest BCUT2D eigenvalue weighted by Crippen LogP contribution is -2.19. The van der Waals surface area contributed by atoms with Crippen molar-refractivity contribution in [1.82, 2.24) is 4.72 Å². The maximum atomic E-state index is 11.7. The van der Waals surface area contributed by atoms with Crippen LogP contribution in [0, 0.1) is 6.92 Å². The van der Waals surface area contributed by atoms with Crippen molar-refractivity contribution in [3.05, 3.63) is 35.4 Å². The molecule has 0 radical (unpaired) electrons. The third-order valence-electron chi connectivity index (χ3n) is 2.19. The highest BCUT2D eigenvalue weighted by atomic mass is 32.2. The van der Waals surface area contributed by atoms with Crippen LogP contribution in [0.25, 0.3) is 6.08 Å². The average Bonchev–Trinajstić information content (AvgIpc) is 2.27. The summed E-state index contributed by atoms with van der Waals surface area (Å²) >= 11 is 0. The Hall–Kier alpha value is -1.66. The number of carboxylic acids is 1. The first-order valence-electron chi connectivity index (χ1n) is 4.82. The zero-order chi connectivity index (χ0) is 13.1. The van der Waals surface area contributed by atoms with E-state index in [0.29, 0.717) is 11.1 Å². The third-order valence-corrected chi connectivity index (χ3v) is 3.75. The fourth-order valence-electron chi connectivity index (χ4n) is 1.29. The molecule has 17 heavy (non-hydrogen) atoms. The number of hydrogen-bond acceptors (Lipinski definition) is 3. The Labute approximate surface area is 99.8 Å². The summed E-state index contributed by atoms with van der Waals surface area (Å²) in [6.45, 7) is 1.68. The van der Waals surface area contributed by atoms with Crippen LogP contribution in [0.2, 0.25) is 0 Å². The summed E-state index contributed by atoms with van der Waals surface area (Å²) in [7, 11) is -2.19. The Kier molecular flexibility index (Phi) is 4.03. The molecule has 2 N–H and O–H groups in total. The molecule has 1 aromatic carbocycles. The first-order chi connectivity index (χ1) is 7.86. The highest BCUT2D eigenvalue weighted by Crippen LogP contribution is 2.17. The van der Waals surface area contributed by atoms with E-state index in [4.69, 9.17) is 5.11 Å². The molecule has 6 heteroatoms. The molecule has 0 saturated heterocycles. The van der Waals surface area contributed by atoms with Crippen LogP contribution in [0.4, 0.5) is 0 Å². The van der Waals surface area contributed by atoms with Gasteiger partial charge in [-0.1, -0.05) is 12.1 Å². The highest BCUT2D eigenvalue weighted by Gasteiger charge is 2.14. The summed E-state index contributed by atoms with van der Waals surface area (Å²) in [4.78, 5) is 10.5. The van der Waals surface area contributed by atoms with Crippen LogP contribution in [0.3, 0.4) is 0 Å². The van der Waals surface area contributed by atoms with Gasteiger partial charge in [0.25, 0.3) is 0 Å². The molecule has 5 nitrogen and oxygen atoms in total. The number of hydrogen-bond donors (Lipinski definition) is 2. The summed E-state index contributed by atoms with van der Waals surface area (Å²) < 4.78 is 25.5. The predicted molar refractivity (Wildman–Crippen MR) is 64.1 cm³/mol. The molecule has 0 unspecified atom stereocenters. The maximum Gasteiger partial charge on any atom is 0.328 e. The van der Waals surface area contributed by atoms with Crippen LogP contribution < -0.4 is 4.72 Å². The van der Waals surface area contributed by atoms with Crippen molar-refractivity contribution < 1.29 is 18.3 Å². The molecule has 0 atom stereocenters. The van der Waals surface area contributed by atoms with Gasteiger partial charge in [-0.25, -0.2) is 17.9 Å². The van der Waals surface area contributed by atoms with Crippen molar-refractivity contribution >= 4 is 22.1 Å². The first-order valence-corrected chi connectivity index (χ1v) is 6.30. The van der Waals surface area contributed by atoms with E-state index < -0.39 is 16.0 Å². The summed E-state index contributed by atoms with van der Waals surface area (Å²) in [5.41, 5.74) is 1.12. The Bertz CT molecular complexity index is 561. The van der Waals surface area contributed by atoms with E-state index >= 15 is 0 Å². The predicted octanol–water partition coefficient (Wildman–Crippen LogP) is 1.00. The van der Waals surface area contributed by atoms with Gasteiger partial charge in [-0.05, 0) is 37.2 Å². The van der Waals surface area contributed by atoms with E-state index in [2.05, 4.69) is 4.72 Å². The molecule has 0 saturated carbocycles. The second-order valence-electron chi connectivity index (χ2n) is 3.40. The summed E-state index contributed by atoms with van der Waals surface area (Å²) in [5.74, 6) is -1.08. The van der Waals surface area contributed by atoms with Crippen molar-refractivity contribution in [3.8, 4) is 0 Å². The Morgan fingerprint density at radius 1 is 1.41 bits per heavy atom. The van der Waals surface area contributed by atoms with E-state index in [1.807, 2.05) is 0 Å². The average molecular weight is 255 g/mol. The van der Waals surface area contributed by atoms with Crippen LogP contribution in [-0.2, 0) is 14.8 Å².